The summed E-state index contributed by atoms with van der Waals surface area (Å²) >= 11 is 0. The van der Waals surface area contributed by atoms with Crippen LogP contribution in [0.3, 0.4) is 0 Å². The number of nitrogens with one attached hydrogen (secondary N) is 3. The van der Waals surface area contributed by atoms with E-state index in [0.29, 0.717) is 67.0 Å². The second-order valence-corrected chi connectivity index (χ2v) is 16.5. The first-order valence-corrected chi connectivity index (χ1v) is 20.4. The summed E-state index contributed by atoms with van der Waals surface area (Å²) in [6.45, 7) is 6.02. The first-order chi connectivity index (χ1) is 25.4. The number of rotatable bonds is 11. The lowest BCUT2D eigenvalue weighted by Gasteiger charge is -2.30. The minimum Gasteiger partial charge on any atom is -0.496 e. The maximum absolute atomic E-state index is 14.5. The van der Waals surface area contributed by atoms with Crippen LogP contribution in [0.25, 0.3) is 10.9 Å². The number of allylic oxidation sites excluding steroid dienone is 1. The average molecular weight is 754 g/mol. The van der Waals surface area contributed by atoms with E-state index in [1.54, 1.807) is 13.2 Å². The van der Waals surface area contributed by atoms with Gasteiger partial charge in [-0.25, -0.2) is 13.4 Å². The van der Waals surface area contributed by atoms with Crippen LogP contribution < -0.4 is 29.6 Å². The molecule has 1 aromatic carbocycles. The SMILES string of the molecule is CCCC(=O)N[C@H]1CCCCC/C=C\[C@@H]2C[C@@]2(C(=O)NS(=O)(=O)C2CC2)NC(=O)[C@@H]2C[C@@H](Oc3cc(OCC)nc4c(C)c(OC)ccc34)CN2C1=O. The molecular formula is C38H51N5O9S. The number of carbonyl (C=O) groups is 4. The molecule has 2 aromatic rings. The number of benzene rings is 1. The fourth-order valence-electron chi connectivity index (χ4n) is 7.42. The van der Waals surface area contributed by atoms with Crippen LogP contribution in [-0.2, 0) is 29.2 Å². The average Bonchev–Trinajstić information content (AvgIpc) is 4.04. The first-order valence-electron chi connectivity index (χ1n) is 18.8. The van der Waals surface area contributed by atoms with E-state index in [2.05, 4.69) is 20.3 Å². The predicted molar refractivity (Wildman–Crippen MR) is 197 cm³/mol. The largest absolute Gasteiger partial charge is 0.496 e. The zero-order chi connectivity index (χ0) is 37.9. The Hall–Kier alpha value is -4.40. The van der Waals surface area contributed by atoms with Crippen molar-refractivity contribution in [1.29, 1.82) is 0 Å². The predicted octanol–water partition coefficient (Wildman–Crippen LogP) is 3.59. The van der Waals surface area contributed by atoms with Gasteiger partial charge in [-0.15, -0.1) is 0 Å². The van der Waals surface area contributed by atoms with Crippen LogP contribution in [0.5, 0.6) is 17.4 Å². The molecule has 0 spiro atoms. The van der Waals surface area contributed by atoms with Crippen LogP contribution in [0.2, 0.25) is 0 Å². The molecule has 6 rings (SSSR count). The van der Waals surface area contributed by atoms with Crippen molar-refractivity contribution in [3.8, 4) is 17.4 Å². The van der Waals surface area contributed by atoms with Crippen LogP contribution in [-0.4, -0.2) is 91.2 Å². The Morgan fingerprint density at radius 2 is 1.89 bits per heavy atom. The van der Waals surface area contributed by atoms with E-state index in [1.165, 1.54) is 4.90 Å². The fourth-order valence-corrected chi connectivity index (χ4v) is 8.78. The van der Waals surface area contributed by atoms with Gasteiger partial charge in [-0.2, -0.15) is 0 Å². The van der Waals surface area contributed by atoms with Crippen molar-refractivity contribution in [2.75, 3.05) is 20.3 Å². The summed E-state index contributed by atoms with van der Waals surface area (Å²) in [6.07, 6.45) is 8.74. The number of methoxy groups -OCH3 is 1. The van der Waals surface area contributed by atoms with Gasteiger partial charge in [-0.1, -0.05) is 31.9 Å². The van der Waals surface area contributed by atoms with Gasteiger partial charge >= 0.3 is 0 Å². The van der Waals surface area contributed by atoms with E-state index in [0.717, 1.165) is 24.8 Å². The van der Waals surface area contributed by atoms with E-state index in [-0.39, 0.29) is 31.7 Å². The monoisotopic (exact) mass is 753 g/mol. The van der Waals surface area contributed by atoms with E-state index >= 15 is 0 Å². The molecule has 3 heterocycles. The molecule has 4 amide bonds. The second kappa shape index (κ2) is 15.9. The molecule has 0 bridgehead atoms. The molecule has 14 nitrogen and oxygen atoms in total. The van der Waals surface area contributed by atoms with Crippen LogP contribution in [0.4, 0.5) is 0 Å². The van der Waals surface area contributed by atoms with Crippen molar-refractivity contribution in [2.45, 2.75) is 120 Å². The number of nitrogens with zero attached hydrogens (tertiary/aromatic N) is 2. The van der Waals surface area contributed by atoms with E-state index < -0.39 is 62.6 Å². The Morgan fingerprint density at radius 1 is 1.09 bits per heavy atom. The van der Waals surface area contributed by atoms with Crippen LogP contribution in [0, 0.1) is 12.8 Å². The van der Waals surface area contributed by atoms with Crippen molar-refractivity contribution < 1.29 is 41.8 Å². The molecule has 2 saturated carbocycles. The summed E-state index contributed by atoms with van der Waals surface area (Å²) in [5.41, 5.74) is -0.0776. The smallest absolute Gasteiger partial charge is 0.259 e. The van der Waals surface area contributed by atoms with Crippen LogP contribution >= 0.6 is 0 Å². The number of pyridine rings is 1. The van der Waals surface area contributed by atoms with Gasteiger partial charge in [0.2, 0.25) is 33.6 Å². The molecule has 3 N–H and O–H groups in total. The van der Waals surface area contributed by atoms with Crippen molar-refractivity contribution >= 4 is 44.6 Å². The molecule has 1 saturated heterocycles. The van der Waals surface area contributed by atoms with Gasteiger partial charge in [0.25, 0.3) is 5.91 Å². The van der Waals surface area contributed by atoms with Gasteiger partial charge in [0.1, 0.15) is 35.2 Å². The zero-order valence-corrected chi connectivity index (χ0v) is 31.8. The quantitative estimate of drug-likeness (QED) is 0.287. The Morgan fingerprint density at radius 3 is 2.60 bits per heavy atom. The molecule has 53 heavy (non-hydrogen) atoms. The number of amides is 4. The summed E-state index contributed by atoms with van der Waals surface area (Å²) in [4.78, 5) is 61.5. The lowest BCUT2D eigenvalue weighted by Crippen LogP contribution is -2.58. The third-order valence-corrected chi connectivity index (χ3v) is 12.4. The minimum atomic E-state index is -3.88. The van der Waals surface area contributed by atoms with Crippen molar-refractivity contribution in [3.63, 3.8) is 0 Å². The molecular weight excluding hydrogens is 703 g/mol. The summed E-state index contributed by atoms with van der Waals surface area (Å²) in [6, 6.07) is 3.41. The lowest BCUT2D eigenvalue weighted by molar-refractivity contribution is -0.142. The Labute approximate surface area is 310 Å². The molecule has 0 radical (unpaired) electrons. The number of aryl methyl sites for hydroxylation is 1. The highest BCUT2D eigenvalue weighted by Crippen LogP contribution is 2.46. The van der Waals surface area contributed by atoms with Crippen molar-refractivity contribution in [2.24, 2.45) is 5.92 Å². The maximum atomic E-state index is 14.5. The normalized spacial score (nSPS) is 27.0. The number of fused-ring (bicyclic) bond motifs is 3. The number of hydrogen-bond donors (Lipinski definition) is 3. The van der Waals surface area contributed by atoms with Gasteiger partial charge in [0, 0.05) is 35.8 Å². The Balaban J connectivity index is 1.34. The number of aromatic nitrogens is 1. The lowest BCUT2D eigenvalue weighted by atomic mass is 10.0. The highest BCUT2D eigenvalue weighted by molar-refractivity contribution is 7.91. The Bertz CT molecular complexity index is 1880. The van der Waals surface area contributed by atoms with Crippen LogP contribution in [0.1, 0.15) is 90.0 Å². The topological polar surface area (TPSA) is 182 Å². The van der Waals surface area contributed by atoms with Gasteiger partial charge in [0.15, 0.2) is 0 Å². The van der Waals surface area contributed by atoms with E-state index in [4.69, 9.17) is 14.2 Å². The highest BCUT2D eigenvalue weighted by atomic mass is 32.2. The molecule has 5 atom stereocenters. The number of sulfonamides is 1. The Kier molecular flexibility index (Phi) is 11.5. The second-order valence-electron chi connectivity index (χ2n) is 14.5. The van der Waals surface area contributed by atoms with Crippen molar-refractivity contribution in [1.82, 2.24) is 25.2 Å². The molecule has 4 aliphatic rings. The fraction of sp³-hybridized carbons (Fsp3) is 0.605. The van der Waals surface area contributed by atoms with Gasteiger partial charge in [0.05, 0.1) is 31.0 Å². The first kappa shape index (κ1) is 38.3. The van der Waals surface area contributed by atoms with Gasteiger partial charge in [-0.05, 0) is 70.9 Å². The third-order valence-electron chi connectivity index (χ3n) is 10.6. The maximum Gasteiger partial charge on any atom is 0.259 e. The molecule has 15 heteroatoms. The van der Waals surface area contributed by atoms with Crippen LogP contribution in [0.15, 0.2) is 30.4 Å². The highest BCUT2D eigenvalue weighted by Gasteiger charge is 2.62. The molecule has 0 unspecified atom stereocenters. The zero-order valence-electron chi connectivity index (χ0n) is 30.9. The number of ether oxygens (including phenoxy) is 3. The van der Waals surface area contributed by atoms with E-state index in [9.17, 15) is 27.6 Å². The molecule has 288 valence electrons. The van der Waals surface area contributed by atoms with Gasteiger partial charge in [-0.3, -0.25) is 23.9 Å². The van der Waals surface area contributed by atoms with Crippen molar-refractivity contribution in [3.05, 3.63) is 35.9 Å². The molecule has 3 fully saturated rings. The standard InChI is InChI=1S/C38H51N5O9S/c1-5-12-32(44)39-28-14-11-9-7-8-10-13-24-21-38(24,37(47)42-53(48,49)26-15-16-26)41-35(45)29-19-25(22-43(29)36(28)46)52-31-20-33(51-6-2)40-34-23(3)30(50-4)18-17-27(31)34/h10,13,17-18,20,24-26,28-29H,5-9,11-12,14-16,19,21-22H2,1-4H3,(H,39,44)(H,41,45)(H,42,47)/b13-10-/t24-,25-,28+,29+,38-/m1/s1. The van der Waals surface area contributed by atoms with E-state index in [1.807, 2.05) is 45.1 Å². The summed E-state index contributed by atoms with van der Waals surface area (Å²) in [5, 5.41) is 5.89. The minimum absolute atomic E-state index is 0.0264. The third kappa shape index (κ3) is 8.39. The molecule has 1 aromatic heterocycles. The summed E-state index contributed by atoms with van der Waals surface area (Å²) < 4.78 is 45.8. The number of hydrogen-bond acceptors (Lipinski definition) is 10. The number of carbonyl (C=O) groups excluding carboxylic acids is 4. The summed E-state index contributed by atoms with van der Waals surface area (Å²) in [7, 11) is -2.30. The molecule has 2 aliphatic heterocycles. The summed E-state index contributed by atoms with van der Waals surface area (Å²) in [5.74, 6) is -1.00. The van der Waals surface area contributed by atoms with Gasteiger partial charge < -0.3 is 29.7 Å². The molecule has 2 aliphatic carbocycles.